The van der Waals surface area contributed by atoms with Crippen molar-refractivity contribution in [2.75, 3.05) is 18.1 Å². The van der Waals surface area contributed by atoms with Crippen LogP contribution in [0.1, 0.15) is 19.8 Å². The second kappa shape index (κ2) is 6.03. The molecule has 2 atom stereocenters. The highest BCUT2D eigenvalue weighted by molar-refractivity contribution is 7.91. The average Bonchev–Trinajstić information content (AvgIpc) is 2.54. The van der Waals surface area contributed by atoms with Crippen LogP contribution in [-0.4, -0.2) is 49.6 Å². The van der Waals surface area contributed by atoms with E-state index in [1.54, 1.807) is 6.92 Å². The summed E-state index contributed by atoms with van der Waals surface area (Å²) in [4.78, 5) is 21.8. The van der Waals surface area contributed by atoms with Crippen LogP contribution in [0.25, 0.3) is 0 Å². The first-order valence-corrected chi connectivity index (χ1v) is 7.57. The summed E-state index contributed by atoms with van der Waals surface area (Å²) in [6, 6.07) is -0.928. The second-order valence-corrected chi connectivity index (χ2v) is 6.85. The Balaban J connectivity index is 2.23. The van der Waals surface area contributed by atoms with E-state index in [4.69, 9.17) is 5.11 Å². The van der Waals surface area contributed by atoms with Crippen LogP contribution in [0.5, 0.6) is 0 Å². The van der Waals surface area contributed by atoms with Crippen molar-refractivity contribution >= 4 is 21.8 Å². The topological polar surface area (TPSA) is 113 Å². The molecule has 1 fully saturated rings. The Morgan fingerprint density at radius 3 is 2.61 bits per heavy atom. The van der Waals surface area contributed by atoms with Crippen LogP contribution >= 0.6 is 0 Å². The van der Waals surface area contributed by atoms with E-state index in [0.717, 1.165) is 0 Å². The summed E-state index contributed by atoms with van der Waals surface area (Å²) in [7, 11) is -2.93. The molecule has 0 aliphatic carbocycles. The lowest BCUT2D eigenvalue weighted by Crippen LogP contribution is -2.43. The zero-order chi connectivity index (χ0) is 13.8. The molecule has 0 aromatic heterocycles. The summed E-state index contributed by atoms with van der Waals surface area (Å²) < 4.78 is 22.4. The minimum absolute atomic E-state index is 0.0458. The molecule has 2 amide bonds. The van der Waals surface area contributed by atoms with Crippen molar-refractivity contribution in [3.63, 3.8) is 0 Å². The summed E-state index contributed by atoms with van der Waals surface area (Å²) in [6.45, 7) is 1.89. The van der Waals surface area contributed by atoms with Crippen LogP contribution in [-0.2, 0) is 14.6 Å². The fraction of sp³-hybridized carbons (Fsp3) is 0.800. The Morgan fingerprint density at radius 1 is 1.44 bits per heavy atom. The maximum absolute atomic E-state index is 11.4. The molecular weight excluding hydrogens is 260 g/mol. The Morgan fingerprint density at radius 2 is 2.11 bits per heavy atom. The molecule has 8 heteroatoms. The number of sulfone groups is 1. The molecule has 104 valence electrons. The lowest BCUT2D eigenvalue weighted by Gasteiger charge is -2.14. The first-order valence-electron chi connectivity index (χ1n) is 5.75. The largest absolute Gasteiger partial charge is 0.481 e. The zero-order valence-electron chi connectivity index (χ0n) is 10.2. The molecule has 3 N–H and O–H groups in total. The van der Waals surface area contributed by atoms with Gasteiger partial charge < -0.3 is 15.7 Å². The van der Waals surface area contributed by atoms with E-state index in [1.807, 2.05) is 0 Å². The van der Waals surface area contributed by atoms with Crippen LogP contribution in [0.3, 0.4) is 0 Å². The minimum Gasteiger partial charge on any atom is -0.481 e. The summed E-state index contributed by atoms with van der Waals surface area (Å²) in [5.41, 5.74) is 0. The van der Waals surface area contributed by atoms with Gasteiger partial charge in [-0.3, -0.25) is 4.79 Å². The van der Waals surface area contributed by atoms with Gasteiger partial charge >= 0.3 is 12.0 Å². The highest BCUT2D eigenvalue weighted by Crippen LogP contribution is 2.17. The molecule has 7 nitrogen and oxygen atoms in total. The van der Waals surface area contributed by atoms with Crippen LogP contribution in [0.4, 0.5) is 4.79 Å². The number of carboxylic acid groups (broad SMARTS) is 1. The van der Waals surface area contributed by atoms with Gasteiger partial charge in [0.1, 0.15) is 0 Å². The molecule has 2 unspecified atom stereocenters. The third kappa shape index (κ3) is 5.35. The third-order valence-electron chi connectivity index (χ3n) is 2.74. The normalized spacial score (nSPS) is 23.3. The smallest absolute Gasteiger partial charge is 0.315 e. The van der Waals surface area contributed by atoms with Crippen molar-refractivity contribution in [1.82, 2.24) is 10.6 Å². The number of hydrogen-bond donors (Lipinski definition) is 3. The quantitative estimate of drug-likeness (QED) is 0.632. The second-order valence-electron chi connectivity index (χ2n) is 4.62. The van der Waals surface area contributed by atoms with E-state index < -0.39 is 27.9 Å². The van der Waals surface area contributed by atoms with Crippen molar-refractivity contribution < 1.29 is 23.1 Å². The van der Waals surface area contributed by atoms with Gasteiger partial charge in [-0.25, -0.2) is 13.2 Å². The van der Waals surface area contributed by atoms with E-state index in [9.17, 15) is 18.0 Å². The lowest BCUT2D eigenvalue weighted by molar-refractivity contribution is -0.137. The van der Waals surface area contributed by atoms with Gasteiger partial charge in [0.15, 0.2) is 9.84 Å². The first kappa shape index (κ1) is 14.7. The minimum atomic E-state index is -2.93. The van der Waals surface area contributed by atoms with E-state index in [-0.39, 0.29) is 23.8 Å². The Kier molecular flexibility index (Phi) is 4.94. The summed E-state index contributed by atoms with van der Waals surface area (Å²) >= 11 is 0. The Hall–Kier alpha value is -1.31. The summed E-state index contributed by atoms with van der Waals surface area (Å²) in [5.74, 6) is -0.742. The fourth-order valence-corrected chi connectivity index (χ4v) is 3.72. The van der Waals surface area contributed by atoms with Crippen LogP contribution in [0, 0.1) is 5.92 Å². The van der Waals surface area contributed by atoms with Crippen molar-refractivity contribution in [3.8, 4) is 0 Å². The molecule has 0 aromatic carbocycles. The Bertz CT molecular complexity index is 420. The summed E-state index contributed by atoms with van der Waals surface area (Å²) in [6.07, 6.45) is 0.415. The van der Waals surface area contributed by atoms with Gasteiger partial charge in [0.2, 0.25) is 0 Å². The molecule has 0 bridgehead atoms. The van der Waals surface area contributed by atoms with Crippen LogP contribution < -0.4 is 10.6 Å². The number of carbonyl (C=O) groups excluding carboxylic acids is 1. The molecule has 1 aliphatic heterocycles. The van der Waals surface area contributed by atoms with E-state index in [1.165, 1.54) is 0 Å². The first-order chi connectivity index (χ1) is 8.28. The van der Waals surface area contributed by atoms with Gasteiger partial charge in [-0.1, -0.05) is 0 Å². The number of carboxylic acids is 1. The molecule has 1 heterocycles. The molecule has 0 saturated carbocycles. The lowest BCUT2D eigenvalue weighted by atomic mass is 10.1. The standard InChI is InChI=1S/C10H18N2O5S/c1-7(4-9(13)14)12-10(15)11-5-8-2-3-18(16,17)6-8/h7-8H,2-6H2,1H3,(H,13,14)(H2,11,12,15). The molecule has 0 aromatic rings. The highest BCUT2D eigenvalue weighted by atomic mass is 32.2. The van der Waals surface area contributed by atoms with Gasteiger partial charge in [0.05, 0.1) is 17.9 Å². The van der Waals surface area contributed by atoms with E-state index in [0.29, 0.717) is 13.0 Å². The average molecular weight is 278 g/mol. The molecule has 1 rings (SSSR count). The maximum atomic E-state index is 11.4. The number of hydrogen-bond acceptors (Lipinski definition) is 4. The number of nitrogens with one attached hydrogen (secondary N) is 2. The molecule has 1 saturated heterocycles. The number of rotatable bonds is 5. The maximum Gasteiger partial charge on any atom is 0.315 e. The third-order valence-corrected chi connectivity index (χ3v) is 4.57. The molecule has 0 spiro atoms. The number of aliphatic carboxylic acids is 1. The van der Waals surface area contributed by atoms with Gasteiger partial charge in [-0.05, 0) is 19.3 Å². The molecule has 1 aliphatic rings. The zero-order valence-corrected chi connectivity index (χ0v) is 11.0. The van der Waals surface area contributed by atoms with Crippen molar-refractivity contribution in [2.24, 2.45) is 5.92 Å². The SMILES string of the molecule is CC(CC(=O)O)NC(=O)NCC1CCS(=O)(=O)C1. The van der Waals surface area contributed by atoms with Crippen molar-refractivity contribution in [1.29, 1.82) is 0 Å². The van der Waals surface area contributed by atoms with Crippen molar-refractivity contribution in [3.05, 3.63) is 0 Å². The monoisotopic (exact) mass is 278 g/mol. The molecular formula is C10H18N2O5S. The van der Waals surface area contributed by atoms with Gasteiger partial charge in [0.25, 0.3) is 0 Å². The van der Waals surface area contributed by atoms with Gasteiger partial charge in [-0.15, -0.1) is 0 Å². The predicted octanol–water partition coefficient (Wildman–Crippen LogP) is -0.416. The number of urea groups is 1. The Labute approximate surface area is 106 Å². The summed E-state index contributed by atoms with van der Waals surface area (Å²) in [5, 5.41) is 13.6. The number of carbonyl (C=O) groups is 2. The van der Waals surface area contributed by atoms with Crippen LogP contribution in [0.15, 0.2) is 0 Å². The van der Waals surface area contributed by atoms with E-state index in [2.05, 4.69) is 10.6 Å². The molecule has 18 heavy (non-hydrogen) atoms. The highest BCUT2D eigenvalue weighted by Gasteiger charge is 2.27. The number of amides is 2. The van der Waals surface area contributed by atoms with Crippen LogP contribution in [0.2, 0.25) is 0 Å². The van der Waals surface area contributed by atoms with E-state index >= 15 is 0 Å². The fourth-order valence-electron chi connectivity index (χ4n) is 1.86. The van der Waals surface area contributed by atoms with Gasteiger partial charge in [-0.2, -0.15) is 0 Å². The molecule has 0 radical (unpaired) electrons. The van der Waals surface area contributed by atoms with Crippen molar-refractivity contribution in [2.45, 2.75) is 25.8 Å². The predicted molar refractivity (Wildman–Crippen MR) is 65.0 cm³/mol. The van der Waals surface area contributed by atoms with Gasteiger partial charge in [0, 0.05) is 12.6 Å².